The minimum Gasteiger partial charge on any atom is -0.258 e. The molecule has 0 aliphatic heterocycles. The largest absolute Gasteiger partial charge is 0.298 e. The average molecular weight is 460 g/mol. The van der Waals surface area contributed by atoms with Gasteiger partial charge >= 0.3 is 0 Å². The summed E-state index contributed by atoms with van der Waals surface area (Å²) in [7, 11) is 0. The van der Waals surface area contributed by atoms with Crippen LogP contribution in [0.25, 0.3) is 44.3 Å². The second-order valence-electron chi connectivity index (χ2n) is 6.97. The van der Waals surface area contributed by atoms with Crippen molar-refractivity contribution in [2.24, 2.45) is 0 Å². The summed E-state index contributed by atoms with van der Waals surface area (Å²) in [5.74, 6) is 0. The fourth-order valence-corrected chi connectivity index (χ4v) is 4.23. The van der Waals surface area contributed by atoms with Crippen LogP contribution in [-0.4, -0.2) is 31.3 Å². The van der Waals surface area contributed by atoms with Crippen molar-refractivity contribution in [2.45, 2.75) is 4.90 Å². The Morgan fingerprint density at radius 2 is 1.78 bits per heavy atom. The molecular weight excluding hydrogens is 446 g/mol. The molecule has 0 saturated heterocycles. The first-order chi connectivity index (χ1) is 15.6. The van der Waals surface area contributed by atoms with Crippen LogP contribution in [0.5, 0.6) is 0 Å². The van der Waals surface area contributed by atoms with E-state index in [9.17, 15) is 10.1 Å². The van der Waals surface area contributed by atoms with E-state index in [-0.39, 0.29) is 11.2 Å². The van der Waals surface area contributed by atoms with Crippen LogP contribution in [0.3, 0.4) is 0 Å². The highest BCUT2D eigenvalue weighted by atomic mass is 35.5. The highest BCUT2D eigenvalue weighted by Crippen LogP contribution is 2.38. The molecule has 0 amide bonds. The van der Waals surface area contributed by atoms with Gasteiger partial charge in [0.15, 0.2) is 5.52 Å². The molecule has 0 atom stereocenters. The fraction of sp³-hybridized carbons (Fsp3) is 0.0435. The van der Waals surface area contributed by atoms with Gasteiger partial charge in [-0.15, -0.1) is 16.9 Å². The first-order valence-electron chi connectivity index (χ1n) is 9.55. The number of rotatable bonds is 4. The van der Waals surface area contributed by atoms with Gasteiger partial charge in [0.25, 0.3) is 5.69 Å². The molecule has 32 heavy (non-hydrogen) atoms. The molecule has 2 aromatic heterocycles. The zero-order valence-corrected chi connectivity index (χ0v) is 18.3. The molecule has 0 spiro atoms. The molecule has 0 saturated carbocycles. The first kappa shape index (κ1) is 20.3. The Kier molecular flexibility index (Phi) is 5.16. The lowest BCUT2D eigenvalue weighted by atomic mass is 10.0. The summed E-state index contributed by atoms with van der Waals surface area (Å²) in [6, 6.07) is 16.7. The van der Waals surface area contributed by atoms with E-state index in [1.54, 1.807) is 24.0 Å². The molecule has 0 radical (unpaired) electrons. The number of nitrogens with zero attached hydrogens (tertiary/aromatic N) is 5. The van der Waals surface area contributed by atoms with Crippen molar-refractivity contribution in [2.75, 3.05) is 6.26 Å². The monoisotopic (exact) mass is 459 g/mol. The maximum atomic E-state index is 11.8. The molecule has 9 heteroatoms. The molecule has 0 fully saturated rings. The third-order valence-corrected chi connectivity index (χ3v) is 6.22. The van der Waals surface area contributed by atoms with Gasteiger partial charge in [-0.3, -0.25) is 15.1 Å². The second-order valence-corrected chi connectivity index (χ2v) is 8.25. The third kappa shape index (κ3) is 3.43. The van der Waals surface area contributed by atoms with Gasteiger partial charge in [0.1, 0.15) is 0 Å². The predicted molar refractivity (Wildman–Crippen MR) is 127 cm³/mol. The van der Waals surface area contributed by atoms with Crippen molar-refractivity contribution in [1.82, 2.24) is 20.2 Å². The maximum Gasteiger partial charge on any atom is 0.298 e. The smallest absolute Gasteiger partial charge is 0.258 e. The summed E-state index contributed by atoms with van der Waals surface area (Å²) in [5, 5.41) is 21.1. The molecular formula is C23H14ClN5O2S. The number of thioether (sulfide) groups is 1. The van der Waals surface area contributed by atoms with Crippen LogP contribution < -0.4 is 0 Å². The van der Waals surface area contributed by atoms with Crippen LogP contribution in [-0.2, 0) is 0 Å². The number of hydrogen-bond acceptors (Lipinski definition) is 7. The Hall–Kier alpha value is -3.62. The molecule has 156 valence electrons. The first-order valence-corrected chi connectivity index (χ1v) is 11.2. The van der Waals surface area contributed by atoms with Gasteiger partial charge in [-0.05, 0) is 24.5 Å². The van der Waals surface area contributed by atoms with Gasteiger partial charge in [0, 0.05) is 32.5 Å². The van der Waals surface area contributed by atoms with E-state index in [1.807, 2.05) is 48.7 Å². The lowest BCUT2D eigenvalue weighted by Gasteiger charge is -2.06. The van der Waals surface area contributed by atoms with E-state index < -0.39 is 4.92 Å². The Balaban J connectivity index is 1.92. The number of benzene rings is 3. The van der Waals surface area contributed by atoms with Gasteiger partial charge in [-0.2, -0.15) is 5.10 Å². The molecule has 0 N–H and O–H groups in total. The highest BCUT2D eigenvalue weighted by Gasteiger charge is 2.22. The molecule has 3 aromatic carbocycles. The van der Waals surface area contributed by atoms with E-state index in [4.69, 9.17) is 16.6 Å². The zero-order valence-electron chi connectivity index (χ0n) is 16.7. The Labute approximate surface area is 191 Å². The van der Waals surface area contributed by atoms with Gasteiger partial charge in [0.05, 0.1) is 39.6 Å². The topological polar surface area (TPSA) is 94.7 Å². The minimum absolute atomic E-state index is 0.154. The number of non-ortho nitro benzene ring substituents is 1. The number of fused-ring (bicyclic) bond motifs is 3. The normalized spacial score (nSPS) is 11.2. The van der Waals surface area contributed by atoms with Crippen LogP contribution in [0.15, 0.2) is 71.9 Å². The minimum atomic E-state index is -0.470. The van der Waals surface area contributed by atoms with Crippen molar-refractivity contribution >= 4 is 50.9 Å². The van der Waals surface area contributed by atoms with Gasteiger partial charge in [0.2, 0.25) is 0 Å². The van der Waals surface area contributed by atoms with Crippen LogP contribution in [0.1, 0.15) is 0 Å². The average Bonchev–Trinajstić information content (AvgIpc) is 3.22. The van der Waals surface area contributed by atoms with Crippen LogP contribution >= 0.6 is 23.4 Å². The third-order valence-electron chi connectivity index (χ3n) is 5.15. The van der Waals surface area contributed by atoms with Crippen molar-refractivity contribution in [3.63, 3.8) is 0 Å². The molecule has 0 unspecified atom stereocenters. The Morgan fingerprint density at radius 1 is 1.00 bits per heavy atom. The van der Waals surface area contributed by atoms with Crippen LogP contribution in [0.2, 0.25) is 5.02 Å². The van der Waals surface area contributed by atoms with E-state index >= 15 is 0 Å². The summed E-state index contributed by atoms with van der Waals surface area (Å²) in [5.41, 5.74) is 3.19. The lowest BCUT2D eigenvalue weighted by Crippen LogP contribution is -1.92. The fourth-order valence-electron chi connectivity index (χ4n) is 3.59. The summed E-state index contributed by atoms with van der Waals surface area (Å²) in [6.07, 6.45) is 5.16. The lowest BCUT2D eigenvalue weighted by molar-refractivity contribution is -0.383. The Bertz CT molecular complexity index is 1510. The molecule has 0 aliphatic rings. The van der Waals surface area contributed by atoms with Gasteiger partial charge in [-0.1, -0.05) is 41.9 Å². The molecule has 5 rings (SSSR count). The van der Waals surface area contributed by atoms with Crippen molar-refractivity contribution < 1.29 is 4.92 Å². The number of aromatic nitrogens is 4. The Morgan fingerprint density at radius 3 is 2.50 bits per heavy atom. The summed E-state index contributed by atoms with van der Waals surface area (Å²) < 4.78 is 0. The number of nitro benzene ring substituents is 1. The predicted octanol–water partition coefficient (Wildman–Crippen LogP) is 6.19. The molecule has 0 aliphatic carbocycles. The molecule has 7 nitrogen and oxygen atoms in total. The number of nitro groups is 1. The zero-order chi connectivity index (χ0) is 22.2. The second kappa shape index (κ2) is 8.14. The SMILES string of the molecule is CSc1ccc(-c2cnc3c(cc([N+](=O)[O-])c4nncc43)c(-c3ccccc3Cl)n2)cc1. The number of halogens is 1. The van der Waals surface area contributed by atoms with Crippen molar-refractivity contribution in [3.05, 3.63) is 82.1 Å². The maximum absolute atomic E-state index is 11.8. The quantitative estimate of drug-likeness (QED) is 0.179. The molecule has 5 aromatic rings. The molecule has 0 bridgehead atoms. The van der Waals surface area contributed by atoms with E-state index in [2.05, 4.69) is 15.2 Å². The summed E-state index contributed by atoms with van der Waals surface area (Å²) >= 11 is 8.17. The van der Waals surface area contributed by atoms with Crippen molar-refractivity contribution in [1.29, 1.82) is 0 Å². The summed E-state index contributed by atoms with van der Waals surface area (Å²) in [6.45, 7) is 0. The molecule has 2 heterocycles. The highest BCUT2D eigenvalue weighted by molar-refractivity contribution is 7.98. The summed E-state index contributed by atoms with van der Waals surface area (Å²) in [4.78, 5) is 22.0. The van der Waals surface area contributed by atoms with E-state index in [0.717, 1.165) is 10.5 Å². The van der Waals surface area contributed by atoms with E-state index in [0.29, 0.717) is 38.3 Å². The van der Waals surface area contributed by atoms with Crippen LogP contribution in [0.4, 0.5) is 5.69 Å². The van der Waals surface area contributed by atoms with Gasteiger partial charge in [-0.25, -0.2) is 4.98 Å². The van der Waals surface area contributed by atoms with Crippen molar-refractivity contribution in [3.8, 4) is 22.5 Å². The van der Waals surface area contributed by atoms with Gasteiger partial charge < -0.3 is 0 Å². The van der Waals surface area contributed by atoms with E-state index in [1.165, 1.54) is 12.3 Å². The standard InChI is InChI=1S/C23H14ClN5O2S/c1-32-14-8-6-13(7-9-14)19-12-25-21-16(22(27-19)15-4-2-3-5-18(15)24)10-20(29(30)31)23-17(21)11-26-28-23/h2-12H,1H3. The number of hydrogen-bond donors (Lipinski definition) is 0. The van der Waals surface area contributed by atoms with Crippen LogP contribution in [0, 0.1) is 10.1 Å².